The van der Waals surface area contributed by atoms with Gasteiger partial charge < -0.3 is 14.3 Å². The van der Waals surface area contributed by atoms with Crippen LogP contribution in [0.15, 0.2) is 47.7 Å². The van der Waals surface area contributed by atoms with Crippen molar-refractivity contribution in [2.75, 3.05) is 20.8 Å². The summed E-state index contributed by atoms with van der Waals surface area (Å²) in [7, 11) is 3.13. The molecule has 2 aliphatic rings. The molecule has 1 unspecified atom stereocenters. The number of nitrogens with zero attached hydrogens (tertiary/aromatic N) is 3. The topological polar surface area (TPSA) is 97.9 Å². The van der Waals surface area contributed by atoms with Gasteiger partial charge in [-0.15, -0.1) is 5.06 Å². The second-order valence-electron chi connectivity index (χ2n) is 6.87. The SMILES string of the molecule is COc1cc2c(cc1OC)C1(c3ccc([N+](=O)[O-])cc3)C(C#N)=C(C)ON1CC2. The number of hydrogen-bond acceptors (Lipinski definition) is 7. The fourth-order valence-electron chi connectivity index (χ4n) is 4.26. The standard InChI is InChI=1S/C21H19N3O5/c1-13-18(12-22)21(15-4-6-16(7-5-15)24(25)26)17-11-20(28-3)19(27-2)10-14(17)8-9-23(21)29-13/h4-7,10-11H,8-9H2,1-3H3. The van der Waals surface area contributed by atoms with Crippen LogP contribution in [0, 0.1) is 21.4 Å². The summed E-state index contributed by atoms with van der Waals surface area (Å²) in [5, 5.41) is 22.9. The zero-order valence-electron chi connectivity index (χ0n) is 16.3. The first-order valence-electron chi connectivity index (χ1n) is 9.04. The number of fused-ring (bicyclic) bond motifs is 3. The molecule has 0 spiro atoms. The van der Waals surface area contributed by atoms with Crippen molar-refractivity contribution in [3.8, 4) is 17.6 Å². The molecule has 2 heterocycles. The summed E-state index contributed by atoms with van der Waals surface area (Å²) >= 11 is 0. The number of nitro groups is 1. The van der Waals surface area contributed by atoms with Crippen molar-refractivity contribution in [3.63, 3.8) is 0 Å². The molecule has 0 aromatic heterocycles. The number of benzene rings is 2. The molecule has 0 N–H and O–H groups in total. The van der Waals surface area contributed by atoms with Crippen LogP contribution in [-0.2, 0) is 16.8 Å². The van der Waals surface area contributed by atoms with Gasteiger partial charge in [-0.05, 0) is 54.3 Å². The van der Waals surface area contributed by atoms with Crippen LogP contribution in [0.2, 0.25) is 0 Å². The average Bonchev–Trinajstić information content (AvgIpc) is 3.04. The van der Waals surface area contributed by atoms with E-state index in [1.54, 1.807) is 38.3 Å². The molecule has 8 nitrogen and oxygen atoms in total. The number of hydroxylamine groups is 2. The Bertz CT molecular complexity index is 1070. The molecule has 148 valence electrons. The number of nitro benzene ring substituents is 1. The van der Waals surface area contributed by atoms with E-state index in [1.807, 2.05) is 12.1 Å². The van der Waals surface area contributed by atoms with Gasteiger partial charge in [0.15, 0.2) is 11.5 Å². The number of allylic oxidation sites excluding steroid dienone is 1. The number of methoxy groups -OCH3 is 2. The van der Waals surface area contributed by atoms with Crippen molar-refractivity contribution >= 4 is 5.69 Å². The van der Waals surface area contributed by atoms with Crippen molar-refractivity contribution in [2.45, 2.75) is 18.9 Å². The Morgan fingerprint density at radius 3 is 2.45 bits per heavy atom. The molecule has 2 aromatic rings. The molecule has 0 radical (unpaired) electrons. The molecule has 1 atom stereocenters. The third-order valence-corrected chi connectivity index (χ3v) is 5.53. The number of nitriles is 1. The summed E-state index contributed by atoms with van der Waals surface area (Å²) in [5.74, 6) is 1.65. The highest BCUT2D eigenvalue weighted by Gasteiger charge is 2.55. The molecule has 0 saturated carbocycles. The summed E-state index contributed by atoms with van der Waals surface area (Å²) in [6.45, 7) is 2.30. The first-order chi connectivity index (χ1) is 14.0. The van der Waals surface area contributed by atoms with Crippen molar-refractivity contribution in [3.05, 3.63) is 74.5 Å². The van der Waals surface area contributed by atoms with Crippen LogP contribution >= 0.6 is 0 Å². The zero-order valence-corrected chi connectivity index (χ0v) is 16.3. The second-order valence-corrected chi connectivity index (χ2v) is 6.87. The molecule has 29 heavy (non-hydrogen) atoms. The molecule has 0 amide bonds. The fraction of sp³-hybridized carbons (Fsp3) is 0.286. The average molecular weight is 393 g/mol. The largest absolute Gasteiger partial charge is 0.493 e. The minimum Gasteiger partial charge on any atom is -0.493 e. The van der Waals surface area contributed by atoms with Crippen molar-refractivity contribution in [1.82, 2.24) is 5.06 Å². The first-order valence-corrected chi connectivity index (χ1v) is 9.04. The van der Waals surface area contributed by atoms with Gasteiger partial charge in [-0.2, -0.15) is 5.26 Å². The van der Waals surface area contributed by atoms with E-state index >= 15 is 0 Å². The van der Waals surface area contributed by atoms with Crippen LogP contribution in [0.25, 0.3) is 0 Å². The number of ether oxygens (including phenoxy) is 2. The van der Waals surface area contributed by atoms with Crippen LogP contribution in [0.3, 0.4) is 0 Å². The van der Waals surface area contributed by atoms with Gasteiger partial charge in [0.1, 0.15) is 22.9 Å². The normalized spacial score (nSPS) is 20.3. The maximum atomic E-state index is 11.1. The summed E-state index contributed by atoms with van der Waals surface area (Å²) in [6, 6.07) is 12.3. The van der Waals surface area contributed by atoms with E-state index < -0.39 is 10.5 Å². The maximum absolute atomic E-state index is 11.1. The molecule has 0 aliphatic carbocycles. The Hall–Kier alpha value is -3.57. The highest BCUT2D eigenvalue weighted by Crippen LogP contribution is 2.53. The van der Waals surface area contributed by atoms with E-state index in [2.05, 4.69) is 6.07 Å². The third kappa shape index (κ3) is 2.55. The van der Waals surface area contributed by atoms with Crippen molar-refractivity contribution in [2.24, 2.45) is 0 Å². The summed E-state index contributed by atoms with van der Waals surface area (Å²) < 4.78 is 11.0. The van der Waals surface area contributed by atoms with Crippen LogP contribution in [0.4, 0.5) is 5.69 Å². The van der Waals surface area contributed by atoms with E-state index in [-0.39, 0.29) is 5.69 Å². The Morgan fingerprint density at radius 2 is 1.86 bits per heavy atom. The summed E-state index contributed by atoms with van der Waals surface area (Å²) in [5.41, 5.74) is 1.97. The zero-order chi connectivity index (χ0) is 20.8. The van der Waals surface area contributed by atoms with Crippen LogP contribution in [-0.4, -0.2) is 30.8 Å². The predicted molar refractivity (Wildman–Crippen MR) is 103 cm³/mol. The monoisotopic (exact) mass is 393 g/mol. The van der Waals surface area contributed by atoms with Gasteiger partial charge in [0.05, 0.1) is 19.1 Å². The highest BCUT2D eigenvalue weighted by molar-refractivity contribution is 5.62. The minimum atomic E-state index is -1.01. The van der Waals surface area contributed by atoms with E-state index in [0.29, 0.717) is 41.4 Å². The lowest BCUT2D eigenvalue weighted by Crippen LogP contribution is -2.48. The Morgan fingerprint density at radius 1 is 1.21 bits per heavy atom. The lowest BCUT2D eigenvalue weighted by molar-refractivity contribution is -0.384. The van der Waals surface area contributed by atoms with Gasteiger partial charge in [0.2, 0.25) is 0 Å². The molecule has 4 rings (SSSR count). The predicted octanol–water partition coefficient (Wildman–Crippen LogP) is 3.46. The molecular formula is C21H19N3O5. The molecule has 8 heteroatoms. The summed E-state index contributed by atoms with van der Waals surface area (Å²) in [4.78, 5) is 16.6. The lowest BCUT2D eigenvalue weighted by atomic mass is 9.72. The maximum Gasteiger partial charge on any atom is 0.269 e. The van der Waals surface area contributed by atoms with E-state index in [9.17, 15) is 15.4 Å². The lowest BCUT2D eigenvalue weighted by Gasteiger charge is -2.42. The van der Waals surface area contributed by atoms with Crippen LogP contribution in [0.5, 0.6) is 11.5 Å². The number of hydrogen-bond donors (Lipinski definition) is 0. The van der Waals surface area contributed by atoms with Crippen molar-refractivity contribution < 1.29 is 19.2 Å². The Kier molecular flexibility index (Phi) is 4.40. The molecule has 2 aromatic carbocycles. The van der Waals surface area contributed by atoms with Gasteiger partial charge in [0.25, 0.3) is 5.69 Å². The minimum absolute atomic E-state index is 0.0156. The molecular weight excluding hydrogens is 374 g/mol. The second kappa shape index (κ2) is 6.79. The number of rotatable bonds is 4. The number of non-ortho nitro benzene ring substituents is 1. The van der Waals surface area contributed by atoms with E-state index in [4.69, 9.17) is 14.3 Å². The van der Waals surface area contributed by atoms with Crippen LogP contribution < -0.4 is 9.47 Å². The smallest absolute Gasteiger partial charge is 0.269 e. The molecule has 0 saturated heterocycles. The van der Waals surface area contributed by atoms with Gasteiger partial charge >= 0.3 is 0 Å². The van der Waals surface area contributed by atoms with Gasteiger partial charge in [-0.1, -0.05) is 0 Å². The highest BCUT2D eigenvalue weighted by atomic mass is 16.7. The third-order valence-electron chi connectivity index (χ3n) is 5.53. The van der Waals surface area contributed by atoms with Crippen molar-refractivity contribution in [1.29, 1.82) is 5.26 Å². The first kappa shape index (κ1) is 18.8. The molecule has 2 aliphatic heterocycles. The molecule has 0 fully saturated rings. The van der Waals surface area contributed by atoms with Gasteiger partial charge in [0, 0.05) is 18.7 Å². The van der Waals surface area contributed by atoms with Gasteiger partial charge in [-0.3, -0.25) is 10.1 Å². The molecule has 0 bridgehead atoms. The van der Waals surface area contributed by atoms with Gasteiger partial charge in [-0.25, -0.2) is 0 Å². The summed E-state index contributed by atoms with van der Waals surface area (Å²) in [6.07, 6.45) is 0.691. The van der Waals surface area contributed by atoms with E-state index in [0.717, 1.165) is 11.1 Å². The quantitative estimate of drug-likeness (QED) is 0.579. The fourth-order valence-corrected chi connectivity index (χ4v) is 4.26. The van der Waals surface area contributed by atoms with E-state index in [1.165, 1.54) is 12.1 Å². The Balaban J connectivity index is 2.04. The van der Waals surface area contributed by atoms with Crippen LogP contribution in [0.1, 0.15) is 23.6 Å². The Labute approximate surface area is 167 Å².